The van der Waals surface area contributed by atoms with Crippen molar-refractivity contribution in [3.05, 3.63) is 41.8 Å². The first kappa shape index (κ1) is 22.1. The van der Waals surface area contributed by atoms with E-state index in [1.54, 1.807) is 15.8 Å². The molecule has 1 fully saturated rings. The van der Waals surface area contributed by atoms with Gasteiger partial charge in [-0.25, -0.2) is 8.78 Å². The summed E-state index contributed by atoms with van der Waals surface area (Å²) in [5.41, 5.74) is 12.2. The van der Waals surface area contributed by atoms with E-state index in [0.29, 0.717) is 31.7 Å². The number of nitrogens with zero attached hydrogens (tertiary/aromatic N) is 3. The van der Waals surface area contributed by atoms with Crippen LogP contribution in [-0.4, -0.2) is 65.0 Å². The van der Waals surface area contributed by atoms with Crippen molar-refractivity contribution in [1.82, 2.24) is 14.7 Å². The summed E-state index contributed by atoms with van der Waals surface area (Å²) in [5, 5.41) is 17.5. The quantitative estimate of drug-likeness (QED) is 0.441. The van der Waals surface area contributed by atoms with Gasteiger partial charge in [-0.15, -0.1) is 0 Å². The van der Waals surface area contributed by atoms with E-state index in [-0.39, 0.29) is 35.8 Å². The predicted molar refractivity (Wildman–Crippen MR) is 106 cm³/mol. The van der Waals surface area contributed by atoms with Crippen molar-refractivity contribution < 1.29 is 23.4 Å². The number of carbonyl (C=O) groups is 1. The topological polar surface area (TPSA) is 132 Å². The van der Waals surface area contributed by atoms with Crippen molar-refractivity contribution in [2.24, 2.45) is 17.4 Å². The zero-order chi connectivity index (χ0) is 21.7. The number of benzene rings is 1. The molecule has 6 N–H and O–H groups in total. The fraction of sp³-hybridized carbons (Fsp3) is 0.474. The zero-order valence-electron chi connectivity index (χ0n) is 16.4. The number of piperidine rings is 1. The number of hydrogen-bond donors (Lipinski definition) is 4. The van der Waals surface area contributed by atoms with Gasteiger partial charge < -0.3 is 26.6 Å². The third kappa shape index (κ3) is 5.11. The smallest absolute Gasteiger partial charge is 0.254 e. The Morgan fingerprint density at radius 1 is 1.40 bits per heavy atom. The number of nitrogens with two attached hydrogens (primary N) is 2. The lowest BCUT2D eigenvalue weighted by Gasteiger charge is -2.39. The number of carbonyl (C=O) groups excluding carboxylic acids is 1. The van der Waals surface area contributed by atoms with Crippen LogP contribution in [0.15, 0.2) is 30.5 Å². The van der Waals surface area contributed by atoms with Crippen molar-refractivity contribution in [2.75, 3.05) is 38.2 Å². The van der Waals surface area contributed by atoms with Crippen LogP contribution in [0, 0.1) is 11.7 Å². The third-order valence-corrected chi connectivity index (χ3v) is 5.13. The molecule has 0 bridgehead atoms. The molecule has 30 heavy (non-hydrogen) atoms. The Bertz CT molecular complexity index is 847. The molecule has 2 heterocycles. The minimum atomic E-state index is -1.20. The van der Waals surface area contributed by atoms with E-state index >= 15 is 0 Å². The van der Waals surface area contributed by atoms with Gasteiger partial charge in [-0.05, 0) is 37.2 Å². The molecular formula is C19H26F2N6O3. The Kier molecular flexibility index (Phi) is 7.32. The van der Waals surface area contributed by atoms with E-state index in [2.05, 4.69) is 10.4 Å². The first-order chi connectivity index (χ1) is 14.4. The first-order valence-electron chi connectivity index (χ1n) is 9.64. The van der Waals surface area contributed by atoms with E-state index in [0.717, 1.165) is 0 Å². The maximum absolute atomic E-state index is 13.1. The van der Waals surface area contributed by atoms with Crippen molar-refractivity contribution in [3.8, 4) is 0 Å². The molecule has 0 aliphatic carbocycles. The standard InChI is InChI=1S/C19H26F2N6O3/c20-6-8-30-19(29)26-7-5-16(12(9-22)10-26)27-11-15(17(23)28)18(25-27)24-14-3-1-13(21)2-4-14/h1-4,11-12,16,19,29H,5-10,22H2,(H2,23,28)(H,24,25)/t12-,16-,19-/m1/s1. The molecule has 11 heteroatoms. The molecular weight excluding hydrogens is 398 g/mol. The lowest BCUT2D eigenvalue weighted by molar-refractivity contribution is -0.205. The second-order valence-corrected chi connectivity index (χ2v) is 7.10. The highest BCUT2D eigenvalue weighted by Gasteiger charge is 2.34. The van der Waals surface area contributed by atoms with Crippen LogP contribution in [0.3, 0.4) is 0 Å². The molecule has 9 nitrogen and oxygen atoms in total. The van der Waals surface area contributed by atoms with E-state index in [9.17, 15) is 18.7 Å². The van der Waals surface area contributed by atoms with E-state index < -0.39 is 19.0 Å². The SMILES string of the molecule is NC[C@@H]1CN([C@H](O)OCCF)CC[C@H]1n1cc(C(N)=O)c(Nc2ccc(F)cc2)n1. The molecule has 1 amide bonds. The Balaban J connectivity index is 1.77. The summed E-state index contributed by atoms with van der Waals surface area (Å²) in [7, 11) is 0. The van der Waals surface area contributed by atoms with Crippen molar-refractivity contribution in [2.45, 2.75) is 18.9 Å². The lowest BCUT2D eigenvalue weighted by atomic mass is 9.92. The van der Waals surface area contributed by atoms with Gasteiger partial charge in [0.1, 0.15) is 18.1 Å². The molecule has 0 radical (unpaired) electrons. The number of likely N-dealkylation sites (tertiary alicyclic amines) is 1. The van der Waals surface area contributed by atoms with Gasteiger partial charge >= 0.3 is 0 Å². The molecule has 2 aromatic rings. The normalized spacial score (nSPS) is 20.8. The van der Waals surface area contributed by atoms with Crippen LogP contribution in [0.1, 0.15) is 22.8 Å². The van der Waals surface area contributed by atoms with Crippen LogP contribution in [0.2, 0.25) is 0 Å². The number of nitrogens with one attached hydrogen (secondary N) is 1. The number of rotatable bonds is 9. The average Bonchev–Trinajstić information content (AvgIpc) is 3.17. The number of primary amides is 1. The molecule has 1 aliphatic rings. The summed E-state index contributed by atoms with van der Waals surface area (Å²) in [4.78, 5) is 13.6. The molecule has 1 aromatic heterocycles. The second kappa shape index (κ2) is 9.94. The maximum Gasteiger partial charge on any atom is 0.254 e. The van der Waals surface area contributed by atoms with Crippen LogP contribution in [0.5, 0.6) is 0 Å². The van der Waals surface area contributed by atoms with E-state index in [1.165, 1.54) is 24.3 Å². The number of aromatic nitrogens is 2. The number of anilines is 2. The highest BCUT2D eigenvalue weighted by Crippen LogP contribution is 2.30. The number of aliphatic hydroxyl groups excluding tert-OH is 1. The number of ether oxygens (including phenoxy) is 1. The molecule has 3 atom stereocenters. The van der Waals surface area contributed by atoms with Gasteiger partial charge in [0.2, 0.25) is 6.41 Å². The summed E-state index contributed by atoms with van der Waals surface area (Å²) in [6.07, 6.45) is 0.936. The summed E-state index contributed by atoms with van der Waals surface area (Å²) in [5.74, 6) is -0.862. The minimum Gasteiger partial charge on any atom is -0.365 e. The van der Waals surface area contributed by atoms with Crippen LogP contribution in [0.25, 0.3) is 0 Å². The number of halogens is 2. The summed E-state index contributed by atoms with van der Waals surface area (Å²) < 4.78 is 32.1. The second-order valence-electron chi connectivity index (χ2n) is 7.10. The van der Waals surface area contributed by atoms with E-state index in [4.69, 9.17) is 16.2 Å². The van der Waals surface area contributed by atoms with Crippen LogP contribution >= 0.6 is 0 Å². The zero-order valence-corrected chi connectivity index (χ0v) is 16.4. The number of aliphatic hydroxyl groups is 1. The summed E-state index contributed by atoms with van der Waals surface area (Å²) >= 11 is 0. The Labute approximate surface area is 172 Å². The maximum atomic E-state index is 13.1. The monoisotopic (exact) mass is 424 g/mol. The molecule has 3 rings (SSSR count). The fourth-order valence-corrected chi connectivity index (χ4v) is 3.59. The molecule has 0 saturated carbocycles. The summed E-state index contributed by atoms with van der Waals surface area (Å²) in [6, 6.07) is 5.50. The molecule has 1 saturated heterocycles. The highest BCUT2D eigenvalue weighted by molar-refractivity contribution is 5.98. The van der Waals surface area contributed by atoms with Gasteiger partial charge in [0.05, 0.1) is 12.6 Å². The Morgan fingerprint density at radius 3 is 2.77 bits per heavy atom. The van der Waals surface area contributed by atoms with Gasteiger partial charge in [-0.1, -0.05) is 0 Å². The summed E-state index contributed by atoms with van der Waals surface area (Å²) in [6.45, 7) is 0.334. The predicted octanol–water partition coefficient (Wildman–Crippen LogP) is 0.948. The van der Waals surface area contributed by atoms with Crippen LogP contribution < -0.4 is 16.8 Å². The molecule has 164 valence electrons. The fourth-order valence-electron chi connectivity index (χ4n) is 3.59. The molecule has 0 unspecified atom stereocenters. The molecule has 1 aliphatic heterocycles. The van der Waals surface area contributed by atoms with Crippen molar-refractivity contribution >= 4 is 17.4 Å². The minimum absolute atomic E-state index is 0.0957. The van der Waals surface area contributed by atoms with Gasteiger partial charge in [-0.2, -0.15) is 5.10 Å². The van der Waals surface area contributed by atoms with E-state index in [1.807, 2.05) is 0 Å². The number of alkyl halides is 1. The van der Waals surface area contributed by atoms with Crippen LogP contribution in [-0.2, 0) is 4.74 Å². The van der Waals surface area contributed by atoms with Crippen molar-refractivity contribution in [3.63, 3.8) is 0 Å². The molecule has 0 spiro atoms. The van der Waals surface area contributed by atoms with Gasteiger partial charge in [0.15, 0.2) is 5.82 Å². The van der Waals surface area contributed by atoms with Crippen LogP contribution in [0.4, 0.5) is 20.3 Å². The Morgan fingerprint density at radius 2 is 2.13 bits per heavy atom. The number of hydrogen-bond acceptors (Lipinski definition) is 7. The van der Waals surface area contributed by atoms with Gasteiger partial charge in [0.25, 0.3) is 5.91 Å². The average molecular weight is 424 g/mol. The van der Waals surface area contributed by atoms with Gasteiger partial charge in [-0.3, -0.25) is 14.4 Å². The van der Waals surface area contributed by atoms with Gasteiger partial charge in [0, 0.05) is 30.9 Å². The lowest BCUT2D eigenvalue weighted by Crippen LogP contribution is -2.49. The Hall–Kier alpha value is -2.60. The largest absolute Gasteiger partial charge is 0.365 e. The third-order valence-electron chi connectivity index (χ3n) is 5.13. The highest BCUT2D eigenvalue weighted by atomic mass is 19.1. The first-order valence-corrected chi connectivity index (χ1v) is 9.64. The van der Waals surface area contributed by atoms with Crippen molar-refractivity contribution in [1.29, 1.82) is 0 Å². The molecule has 1 aromatic carbocycles. The number of amides is 1.